The SMILES string of the molecule is OCCCC(OCc1ccccc1F)c1ccccc1. The number of ether oxygens (including phenoxy) is 1. The summed E-state index contributed by atoms with van der Waals surface area (Å²) in [7, 11) is 0. The van der Waals surface area contributed by atoms with Gasteiger partial charge in [0.05, 0.1) is 12.7 Å². The molecule has 20 heavy (non-hydrogen) atoms. The molecule has 106 valence electrons. The van der Waals surface area contributed by atoms with Gasteiger partial charge in [-0.3, -0.25) is 0 Å². The predicted octanol–water partition coefficient (Wildman–Crippen LogP) is 3.86. The van der Waals surface area contributed by atoms with Gasteiger partial charge in [0.25, 0.3) is 0 Å². The third-order valence-corrected chi connectivity index (χ3v) is 3.19. The number of aliphatic hydroxyl groups is 1. The largest absolute Gasteiger partial charge is 0.396 e. The number of rotatable bonds is 7. The number of benzene rings is 2. The maximum Gasteiger partial charge on any atom is 0.128 e. The van der Waals surface area contributed by atoms with Crippen molar-refractivity contribution in [2.75, 3.05) is 6.61 Å². The van der Waals surface area contributed by atoms with E-state index in [4.69, 9.17) is 9.84 Å². The first-order chi connectivity index (χ1) is 9.81. The summed E-state index contributed by atoms with van der Waals surface area (Å²) in [5.74, 6) is -0.249. The standard InChI is InChI=1S/C17H19FO2/c18-16-10-5-4-9-15(16)13-20-17(11-6-12-19)14-7-2-1-3-8-14/h1-5,7-10,17,19H,6,11-13H2. The Balaban J connectivity index is 2.03. The van der Waals surface area contributed by atoms with Crippen LogP contribution in [0.1, 0.15) is 30.1 Å². The van der Waals surface area contributed by atoms with Crippen molar-refractivity contribution in [3.8, 4) is 0 Å². The lowest BCUT2D eigenvalue weighted by atomic mass is 10.0. The van der Waals surface area contributed by atoms with E-state index < -0.39 is 0 Å². The van der Waals surface area contributed by atoms with Crippen LogP contribution in [0.15, 0.2) is 54.6 Å². The number of hydrogen-bond donors (Lipinski definition) is 1. The van der Waals surface area contributed by atoms with Gasteiger partial charge >= 0.3 is 0 Å². The molecule has 3 heteroatoms. The molecule has 1 N–H and O–H groups in total. The minimum atomic E-state index is -0.249. The van der Waals surface area contributed by atoms with Crippen LogP contribution in [0.4, 0.5) is 4.39 Å². The number of halogens is 1. The average Bonchev–Trinajstić information content (AvgIpc) is 2.50. The van der Waals surface area contributed by atoms with E-state index >= 15 is 0 Å². The van der Waals surface area contributed by atoms with Crippen LogP contribution in [0.3, 0.4) is 0 Å². The van der Waals surface area contributed by atoms with Crippen LogP contribution in [0.5, 0.6) is 0 Å². The Bertz CT molecular complexity index is 513. The van der Waals surface area contributed by atoms with Crippen LogP contribution in [0.2, 0.25) is 0 Å². The molecule has 1 atom stereocenters. The number of aliphatic hydroxyl groups excluding tert-OH is 1. The second-order valence-electron chi connectivity index (χ2n) is 4.67. The van der Waals surface area contributed by atoms with E-state index in [0.717, 1.165) is 12.0 Å². The van der Waals surface area contributed by atoms with Gasteiger partial charge < -0.3 is 9.84 Å². The van der Waals surface area contributed by atoms with Crippen molar-refractivity contribution >= 4 is 0 Å². The minimum Gasteiger partial charge on any atom is -0.396 e. The van der Waals surface area contributed by atoms with Crippen LogP contribution in [0.25, 0.3) is 0 Å². The summed E-state index contributed by atoms with van der Waals surface area (Å²) in [4.78, 5) is 0. The zero-order valence-electron chi connectivity index (χ0n) is 11.3. The Morgan fingerprint density at radius 2 is 1.70 bits per heavy atom. The van der Waals surface area contributed by atoms with Crippen LogP contribution in [0, 0.1) is 5.82 Å². The van der Waals surface area contributed by atoms with Gasteiger partial charge in [0.2, 0.25) is 0 Å². The fraction of sp³-hybridized carbons (Fsp3) is 0.294. The first-order valence-electron chi connectivity index (χ1n) is 6.82. The van der Waals surface area contributed by atoms with E-state index in [9.17, 15) is 4.39 Å². The lowest BCUT2D eigenvalue weighted by molar-refractivity contribution is 0.0281. The monoisotopic (exact) mass is 274 g/mol. The molecule has 0 aliphatic carbocycles. The molecule has 0 heterocycles. The smallest absolute Gasteiger partial charge is 0.128 e. The van der Waals surface area contributed by atoms with Gasteiger partial charge in [0, 0.05) is 12.2 Å². The van der Waals surface area contributed by atoms with Crippen molar-refractivity contribution < 1.29 is 14.2 Å². The van der Waals surface area contributed by atoms with E-state index in [-0.39, 0.29) is 25.1 Å². The lowest BCUT2D eigenvalue weighted by Crippen LogP contribution is -2.06. The summed E-state index contributed by atoms with van der Waals surface area (Å²) < 4.78 is 19.4. The summed E-state index contributed by atoms with van der Waals surface area (Å²) in [6.45, 7) is 0.365. The molecule has 0 aromatic heterocycles. The maximum atomic E-state index is 13.6. The molecule has 2 aromatic carbocycles. The molecule has 2 rings (SSSR count). The first-order valence-corrected chi connectivity index (χ1v) is 6.82. The van der Waals surface area contributed by atoms with E-state index in [1.54, 1.807) is 18.2 Å². The molecule has 0 bridgehead atoms. The van der Waals surface area contributed by atoms with Crippen molar-refractivity contribution in [1.82, 2.24) is 0 Å². The zero-order valence-corrected chi connectivity index (χ0v) is 11.3. The van der Waals surface area contributed by atoms with Crippen LogP contribution in [-0.4, -0.2) is 11.7 Å². The van der Waals surface area contributed by atoms with Crippen molar-refractivity contribution in [1.29, 1.82) is 0 Å². The minimum absolute atomic E-state index is 0.122. The molecular formula is C17H19FO2. The fourth-order valence-electron chi connectivity index (χ4n) is 2.10. The highest BCUT2D eigenvalue weighted by atomic mass is 19.1. The molecule has 0 spiro atoms. The first kappa shape index (κ1) is 14.7. The van der Waals surface area contributed by atoms with Crippen LogP contribution < -0.4 is 0 Å². The summed E-state index contributed by atoms with van der Waals surface area (Å²) in [6.07, 6.45) is 1.26. The maximum absolute atomic E-state index is 13.6. The summed E-state index contributed by atoms with van der Waals surface area (Å²) in [5, 5.41) is 8.98. The molecule has 2 aromatic rings. The molecule has 0 saturated heterocycles. The average molecular weight is 274 g/mol. The molecule has 1 unspecified atom stereocenters. The highest BCUT2D eigenvalue weighted by Crippen LogP contribution is 2.24. The molecule has 0 radical (unpaired) electrons. The molecule has 2 nitrogen and oxygen atoms in total. The topological polar surface area (TPSA) is 29.5 Å². The highest BCUT2D eigenvalue weighted by Gasteiger charge is 2.12. The van der Waals surface area contributed by atoms with Crippen molar-refractivity contribution in [2.24, 2.45) is 0 Å². The van der Waals surface area contributed by atoms with Gasteiger partial charge in [-0.2, -0.15) is 0 Å². The summed E-state index contributed by atoms with van der Waals surface area (Å²) in [6, 6.07) is 16.5. The van der Waals surface area contributed by atoms with Crippen molar-refractivity contribution in [3.63, 3.8) is 0 Å². The van der Waals surface area contributed by atoms with Gasteiger partial charge in [0.15, 0.2) is 0 Å². The highest BCUT2D eigenvalue weighted by molar-refractivity contribution is 5.19. The molecule has 0 fully saturated rings. The molecule has 0 aliphatic rings. The van der Waals surface area contributed by atoms with Gasteiger partial charge in [-0.05, 0) is 24.5 Å². The van der Waals surface area contributed by atoms with Crippen LogP contribution >= 0.6 is 0 Å². The van der Waals surface area contributed by atoms with Crippen molar-refractivity contribution in [2.45, 2.75) is 25.6 Å². The Hall–Kier alpha value is -1.71. The van der Waals surface area contributed by atoms with E-state index in [0.29, 0.717) is 12.0 Å². The second-order valence-corrected chi connectivity index (χ2v) is 4.67. The Kier molecular flexibility index (Phi) is 5.71. The Morgan fingerprint density at radius 3 is 2.40 bits per heavy atom. The summed E-state index contributed by atoms with van der Waals surface area (Å²) in [5.41, 5.74) is 1.61. The lowest BCUT2D eigenvalue weighted by Gasteiger charge is -2.18. The van der Waals surface area contributed by atoms with Crippen molar-refractivity contribution in [3.05, 3.63) is 71.5 Å². The quantitative estimate of drug-likeness (QED) is 0.831. The third-order valence-electron chi connectivity index (χ3n) is 3.19. The fourth-order valence-corrected chi connectivity index (χ4v) is 2.10. The Labute approximate surface area is 118 Å². The number of hydrogen-bond acceptors (Lipinski definition) is 2. The molecular weight excluding hydrogens is 255 g/mol. The third kappa shape index (κ3) is 4.15. The Morgan fingerprint density at radius 1 is 1.00 bits per heavy atom. The second kappa shape index (κ2) is 7.78. The molecule has 0 saturated carbocycles. The predicted molar refractivity (Wildman–Crippen MR) is 76.7 cm³/mol. The van der Waals surface area contributed by atoms with E-state index in [2.05, 4.69) is 0 Å². The summed E-state index contributed by atoms with van der Waals surface area (Å²) >= 11 is 0. The van der Waals surface area contributed by atoms with Gasteiger partial charge in [-0.15, -0.1) is 0 Å². The molecule has 0 amide bonds. The van der Waals surface area contributed by atoms with E-state index in [1.807, 2.05) is 30.3 Å². The van der Waals surface area contributed by atoms with E-state index in [1.165, 1.54) is 6.07 Å². The molecule has 0 aliphatic heterocycles. The normalized spacial score (nSPS) is 12.3. The van der Waals surface area contributed by atoms with Gasteiger partial charge in [0.1, 0.15) is 5.82 Å². The van der Waals surface area contributed by atoms with Gasteiger partial charge in [-0.25, -0.2) is 4.39 Å². The zero-order chi connectivity index (χ0) is 14.2. The van der Waals surface area contributed by atoms with Crippen LogP contribution in [-0.2, 0) is 11.3 Å². The van der Waals surface area contributed by atoms with Gasteiger partial charge in [-0.1, -0.05) is 48.5 Å².